The Morgan fingerprint density at radius 1 is 1.33 bits per heavy atom. The first-order valence-electron chi connectivity index (χ1n) is 4.60. The maximum Gasteiger partial charge on any atom is 0.184 e. The van der Waals surface area contributed by atoms with Gasteiger partial charge in [-0.2, -0.15) is 0 Å². The highest BCUT2D eigenvalue weighted by molar-refractivity contribution is 7.71. The van der Waals surface area contributed by atoms with Crippen LogP contribution in [-0.4, -0.2) is 9.55 Å². The smallest absolute Gasteiger partial charge is 0.184 e. The fraction of sp³-hybridized carbons (Fsp3) is 0.300. The molecule has 0 atom stereocenters. The van der Waals surface area contributed by atoms with Crippen LogP contribution in [0, 0.1) is 16.4 Å². The molecule has 0 saturated heterocycles. The predicted octanol–water partition coefficient (Wildman–Crippen LogP) is 3.56. The van der Waals surface area contributed by atoms with Gasteiger partial charge >= 0.3 is 0 Å². The van der Waals surface area contributed by atoms with Crippen molar-refractivity contribution in [1.29, 1.82) is 0 Å². The lowest BCUT2D eigenvalue weighted by molar-refractivity contribution is 0.506. The third-order valence-electron chi connectivity index (χ3n) is 2.29. The van der Waals surface area contributed by atoms with Gasteiger partial charge in [0, 0.05) is 6.04 Å². The second kappa shape index (κ2) is 3.41. The van der Waals surface area contributed by atoms with E-state index < -0.39 is 11.6 Å². The molecule has 0 aliphatic heterocycles. The average Bonchev–Trinajstić information content (AvgIpc) is 2.49. The number of nitrogens with zero attached hydrogens (tertiary/aromatic N) is 1. The minimum absolute atomic E-state index is 0.0115. The van der Waals surface area contributed by atoms with Crippen LogP contribution in [0.3, 0.4) is 0 Å². The normalized spacial score (nSPS) is 11.5. The van der Waals surface area contributed by atoms with Gasteiger partial charge in [-0.15, -0.1) is 0 Å². The lowest BCUT2D eigenvalue weighted by Crippen LogP contribution is -2.02. The highest BCUT2D eigenvalue weighted by Crippen LogP contribution is 2.23. The lowest BCUT2D eigenvalue weighted by atomic mass is 10.2. The molecule has 0 radical (unpaired) electrons. The van der Waals surface area contributed by atoms with Gasteiger partial charge in [-0.3, -0.25) is 0 Å². The Labute approximate surface area is 90.5 Å². The van der Waals surface area contributed by atoms with Crippen LogP contribution in [0.25, 0.3) is 11.0 Å². The molecule has 0 bridgehead atoms. The lowest BCUT2D eigenvalue weighted by Gasteiger charge is -2.08. The molecule has 0 spiro atoms. The minimum atomic E-state index is -0.856. The summed E-state index contributed by atoms with van der Waals surface area (Å²) < 4.78 is 28.6. The second-order valence-electron chi connectivity index (χ2n) is 3.65. The van der Waals surface area contributed by atoms with Crippen molar-refractivity contribution in [3.63, 3.8) is 0 Å². The van der Waals surface area contributed by atoms with Crippen molar-refractivity contribution >= 4 is 23.3 Å². The number of H-pyrrole nitrogens is 1. The molecule has 80 valence electrons. The Morgan fingerprint density at radius 3 is 2.60 bits per heavy atom. The molecule has 0 aliphatic rings. The first-order valence-corrected chi connectivity index (χ1v) is 5.01. The maximum absolute atomic E-state index is 13.6. The van der Waals surface area contributed by atoms with Crippen LogP contribution in [0.2, 0.25) is 0 Å². The van der Waals surface area contributed by atoms with Crippen LogP contribution in [-0.2, 0) is 0 Å². The number of aromatic nitrogens is 2. The summed E-state index contributed by atoms with van der Waals surface area (Å²) in [6.45, 7) is 3.74. The van der Waals surface area contributed by atoms with Crippen LogP contribution >= 0.6 is 12.2 Å². The van der Waals surface area contributed by atoms with Crippen LogP contribution in [0.1, 0.15) is 19.9 Å². The molecule has 0 fully saturated rings. The summed E-state index contributed by atoms with van der Waals surface area (Å²) in [6, 6.07) is 2.57. The van der Waals surface area contributed by atoms with Gasteiger partial charge in [-0.05, 0) is 38.2 Å². The fourth-order valence-corrected chi connectivity index (χ4v) is 2.06. The van der Waals surface area contributed by atoms with Gasteiger partial charge in [0.15, 0.2) is 16.4 Å². The van der Waals surface area contributed by atoms with E-state index in [9.17, 15) is 8.78 Å². The van der Waals surface area contributed by atoms with Crippen molar-refractivity contribution in [2.45, 2.75) is 19.9 Å². The van der Waals surface area contributed by atoms with Gasteiger partial charge in [-0.1, -0.05) is 0 Å². The van der Waals surface area contributed by atoms with E-state index in [0.29, 0.717) is 10.3 Å². The summed E-state index contributed by atoms with van der Waals surface area (Å²) in [5.41, 5.74) is 0.725. The molecule has 0 saturated carbocycles. The quantitative estimate of drug-likeness (QED) is 0.740. The summed E-state index contributed by atoms with van der Waals surface area (Å²) in [7, 11) is 0. The molecule has 1 N–H and O–H groups in total. The predicted molar refractivity (Wildman–Crippen MR) is 57.4 cm³/mol. The van der Waals surface area contributed by atoms with E-state index in [0.717, 1.165) is 6.07 Å². The SMILES string of the molecule is CC(C)n1c(=S)[nH]c2ccc(F)c(F)c21. The summed E-state index contributed by atoms with van der Waals surface area (Å²) in [5, 5.41) is 0. The molecule has 2 rings (SSSR count). The topological polar surface area (TPSA) is 20.7 Å². The zero-order valence-electron chi connectivity index (χ0n) is 8.34. The molecule has 2 aromatic rings. The van der Waals surface area contributed by atoms with Gasteiger partial charge in [-0.25, -0.2) is 8.78 Å². The van der Waals surface area contributed by atoms with Gasteiger partial charge in [0.05, 0.1) is 5.52 Å². The van der Waals surface area contributed by atoms with Gasteiger partial charge in [0.25, 0.3) is 0 Å². The van der Waals surface area contributed by atoms with E-state index in [2.05, 4.69) is 4.98 Å². The van der Waals surface area contributed by atoms with Crippen LogP contribution < -0.4 is 0 Å². The number of imidazole rings is 1. The van der Waals surface area contributed by atoms with E-state index in [-0.39, 0.29) is 11.6 Å². The number of aromatic amines is 1. The Bertz CT molecular complexity index is 569. The zero-order valence-corrected chi connectivity index (χ0v) is 9.16. The molecule has 0 amide bonds. The molecule has 1 aromatic heterocycles. The van der Waals surface area contributed by atoms with Crippen molar-refractivity contribution < 1.29 is 8.78 Å². The highest BCUT2D eigenvalue weighted by atomic mass is 32.1. The van der Waals surface area contributed by atoms with Crippen molar-refractivity contribution in [2.75, 3.05) is 0 Å². The number of halogens is 2. The molecule has 1 heterocycles. The van der Waals surface area contributed by atoms with Crippen molar-refractivity contribution in [2.24, 2.45) is 0 Å². The third kappa shape index (κ3) is 1.47. The van der Waals surface area contributed by atoms with E-state index in [1.165, 1.54) is 6.07 Å². The molecule has 15 heavy (non-hydrogen) atoms. The zero-order chi connectivity index (χ0) is 11.2. The molecular formula is C10H10F2N2S. The van der Waals surface area contributed by atoms with Crippen LogP contribution in [0.5, 0.6) is 0 Å². The summed E-state index contributed by atoms with van der Waals surface area (Å²) in [6.07, 6.45) is 0. The average molecular weight is 228 g/mol. The first-order chi connectivity index (χ1) is 7.02. The van der Waals surface area contributed by atoms with E-state index in [1.54, 1.807) is 4.57 Å². The highest BCUT2D eigenvalue weighted by Gasteiger charge is 2.14. The molecule has 0 aliphatic carbocycles. The fourth-order valence-electron chi connectivity index (χ4n) is 1.65. The number of hydrogen-bond acceptors (Lipinski definition) is 1. The number of nitrogens with one attached hydrogen (secondary N) is 1. The number of benzene rings is 1. The van der Waals surface area contributed by atoms with Crippen LogP contribution in [0.4, 0.5) is 8.78 Å². The first kappa shape index (κ1) is 10.3. The molecule has 2 nitrogen and oxygen atoms in total. The summed E-state index contributed by atoms with van der Waals surface area (Å²) in [5.74, 6) is -1.71. The largest absolute Gasteiger partial charge is 0.330 e. The minimum Gasteiger partial charge on any atom is -0.330 e. The Hall–Kier alpha value is -1.23. The number of rotatable bonds is 1. The van der Waals surface area contributed by atoms with E-state index >= 15 is 0 Å². The third-order valence-corrected chi connectivity index (χ3v) is 2.59. The molecule has 0 unspecified atom stereocenters. The van der Waals surface area contributed by atoms with Crippen molar-refractivity contribution in [1.82, 2.24) is 9.55 Å². The molecular weight excluding hydrogens is 218 g/mol. The van der Waals surface area contributed by atoms with Gasteiger partial charge in [0.2, 0.25) is 0 Å². The van der Waals surface area contributed by atoms with Gasteiger partial charge in [0.1, 0.15) is 5.52 Å². The number of hydrogen-bond donors (Lipinski definition) is 1. The second-order valence-corrected chi connectivity index (χ2v) is 4.04. The summed E-state index contributed by atoms with van der Waals surface area (Å²) in [4.78, 5) is 2.85. The maximum atomic E-state index is 13.6. The Kier molecular flexibility index (Phi) is 2.34. The van der Waals surface area contributed by atoms with E-state index in [4.69, 9.17) is 12.2 Å². The van der Waals surface area contributed by atoms with Crippen molar-refractivity contribution in [3.05, 3.63) is 28.5 Å². The molecule has 5 heteroatoms. The van der Waals surface area contributed by atoms with Crippen LogP contribution in [0.15, 0.2) is 12.1 Å². The molecule has 1 aromatic carbocycles. The van der Waals surface area contributed by atoms with Crippen molar-refractivity contribution in [3.8, 4) is 0 Å². The summed E-state index contributed by atoms with van der Waals surface area (Å²) >= 11 is 5.05. The Balaban J connectivity index is 2.96. The standard InChI is InChI=1S/C10H10F2N2S/c1-5(2)14-9-7(13-10(14)15)4-3-6(11)8(9)12/h3-5H,1-2H3,(H,13,15). The number of fused-ring (bicyclic) bond motifs is 1. The van der Waals surface area contributed by atoms with Gasteiger partial charge < -0.3 is 9.55 Å². The Morgan fingerprint density at radius 2 is 2.00 bits per heavy atom. The van der Waals surface area contributed by atoms with E-state index in [1.807, 2.05) is 13.8 Å². The monoisotopic (exact) mass is 228 g/mol.